The Kier molecular flexibility index (Phi) is 4.11. The Bertz CT molecular complexity index is 652. The first-order chi connectivity index (χ1) is 9.82. The van der Waals surface area contributed by atoms with Gasteiger partial charge in [-0.05, 0) is 31.2 Å². The Morgan fingerprint density at radius 2 is 1.86 bits per heavy atom. The molecule has 0 aliphatic carbocycles. The van der Waals surface area contributed by atoms with Gasteiger partial charge in [0.15, 0.2) is 11.6 Å². The largest absolute Gasteiger partial charge is 0.416 e. The molecule has 0 bridgehead atoms. The fourth-order valence-electron chi connectivity index (χ4n) is 1.81. The van der Waals surface area contributed by atoms with Crippen molar-refractivity contribution in [3.05, 3.63) is 47.5 Å². The van der Waals surface area contributed by atoms with Crippen LogP contribution in [0.1, 0.15) is 12.5 Å². The summed E-state index contributed by atoms with van der Waals surface area (Å²) in [5.41, 5.74) is -1.58. The first-order valence-electron chi connectivity index (χ1n) is 6.10. The number of hydrogen-bond acceptors (Lipinski definition) is 2. The molecule has 2 nitrogen and oxygen atoms in total. The fourth-order valence-corrected chi connectivity index (χ4v) is 1.81. The lowest BCUT2D eigenvalue weighted by Gasteiger charge is -2.12. The summed E-state index contributed by atoms with van der Waals surface area (Å²) >= 11 is 0. The SMILES string of the molecule is CCNc1cc(C(F)(F)F)cc(-c2cccc(F)c2F)n1. The van der Waals surface area contributed by atoms with Gasteiger partial charge in [-0.2, -0.15) is 13.2 Å². The van der Waals surface area contributed by atoms with Gasteiger partial charge in [0, 0.05) is 12.1 Å². The molecule has 0 radical (unpaired) electrons. The molecule has 1 N–H and O–H groups in total. The van der Waals surface area contributed by atoms with Crippen molar-refractivity contribution in [3.8, 4) is 11.3 Å². The first-order valence-corrected chi connectivity index (χ1v) is 6.10. The molecule has 0 atom stereocenters. The smallest absolute Gasteiger partial charge is 0.370 e. The summed E-state index contributed by atoms with van der Waals surface area (Å²) in [6.45, 7) is 2.03. The van der Waals surface area contributed by atoms with E-state index in [1.807, 2.05) is 0 Å². The molecule has 0 amide bonds. The van der Waals surface area contributed by atoms with Crippen molar-refractivity contribution in [2.45, 2.75) is 13.1 Å². The van der Waals surface area contributed by atoms with Crippen LogP contribution in [-0.4, -0.2) is 11.5 Å². The lowest BCUT2D eigenvalue weighted by Crippen LogP contribution is -2.09. The van der Waals surface area contributed by atoms with Crippen molar-refractivity contribution in [2.24, 2.45) is 0 Å². The summed E-state index contributed by atoms with van der Waals surface area (Å²) in [4.78, 5) is 3.89. The number of benzene rings is 1. The van der Waals surface area contributed by atoms with E-state index in [1.165, 1.54) is 12.1 Å². The molecule has 1 aromatic carbocycles. The molecular weight excluding hydrogens is 291 g/mol. The zero-order chi connectivity index (χ0) is 15.6. The highest BCUT2D eigenvalue weighted by atomic mass is 19.4. The van der Waals surface area contributed by atoms with Gasteiger partial charge in [-0.25, -0.2) is 13.8 Å². The molecule has 7 heteroatoms. The minimum Gasteiger partial charge on any atom is -0.370 e. The average Bonchev–Trinajstić information content (AvgIpc) is 2.41. The van der Waals surface area contributed by atoms with E-state index in [1.54, 1.807) is 6.92 Å². The van der Waals surface area contributed by atoms with E-state index in [2.05, 4.69) is 10.3 Å². The van der Waals surface area contributed by atoms with Gasteiger partial charge >= 0.3 is 6.18 Å². The maximum absolute atomic E-state index is 13.7. The molecule has 0 aliphatic heterocycles. The highest BCUT2D eigenvalue weighted by Crippen LogP contribution is 2.34. The zero-order valence-corrected chi connectivity index (χ0v) is 10.9. The predicted molar refractivity (Wildman–Crippen MR) is 68.8 cm³/mol. The minimum atomic E-state index is -4.61. The van der Waals surface area contributed by atoms with Crippen LogP contribution >= 0.6 is 0 Å². The molecule has 0 unspecified atom stereocenters. The van der Waals surface area contributed by atoms with Crippen LogP contribution in [0.25, 0.3) is 11.3 Å². The second kappa shape index (κ2) is 5.67. The third kappa shape index (κ3) is 3.29. The Morgan fingerprint density at radius 3 is 2.48 bits per heavy atom. The van der Waals surface area contributed by atoms with E-state index in [4.69, 9.17) is 0 Å². The predicted octanol–water partition coefficient (Wildman–Crippen LogP) is 4.48. The van der Waals surface area contributed by atoms with E-state index in [0.717, 1.165) is 12.1 Å². The Balaban J connectivity index is 2.62. The Labute approximate surface area is 117 Å². The molecule has 112 valence electrons. The van der Waals surface area contributed by atoms with Crippen molar-refractivity contribution >= 4 is 5.82 Å². The molecule has 0 aliphatic rings. The molecule has 1 aromatic heterocycles. The third-order valence-electron chi connectivity index (χ3n) is 2.74. The van der Waals surface area contributed by atoms with Crippen LogP contribution in [0, 0.1) is 11.6 Å². The summed E-state index contributed by atoms with van der Waals surface area (Å²) in [5, 5.41) is 2.64. The van der Waals surface area contributed by atoms with Gasteiger partial charge in [0.25, 0.3) is 0 Å². The van der Waals surface area contributed by atoms with Crippen molar-refractivity contribution in [1.82, 2.24) is 4.98 Å². The molecular formula is C14H11F5N2. The van der Waals surface area contributed by atoms with E-state index in [-0.39, 0.29) is 17.1 Å². The van der Waals surface area contributed by atoms with Crippen LogP contribution in [0.4, 0.5) is 27.8 Å². The maximum Gasteiger partial charge on any atom is 0.416 e. The summed E-state index contributed by atoms with van der Waals surface area (Å²) in [6, 6.07) is 4.79. The lowest BCUT2D eigenvalue weighted by molar-refractivity contribution is -0.137. The van der Waals surface area contributed by atoms with Crippen molar-refractivity contribution in [2.75, 3.05) is 11.9 Å². The molecule has 2 rings (SSSR count). The number of alkyl halides is 3. The van der Waals surface area contributed by atoms with Crippen molar-refractivity contribution in [1.29, 1.82) is 0 Å². The van der Waals surface area contributed by atoms with Crippen LogP contribution in [0.3, 0.4) is 0 Å². The van der Waals surface area contributed by atoms with Gasteiger partial charge in [-0.15, -0.1) is 0 Å². The monoisotopic (exact) mass is 302 g/mol. The topological polar surface area (TPSA) is 24.9 Å². The van der Waals surface area contributed by atoms with Gasteiger partial charge in [-0.3, -0.25) is 0 Å². The molecule has 0 spiro atoms. The minimum absolute atomic E-state index is 0.0500. The molecule has 1 heterocycles. The fraction of sp³-hybridized carbons (Fsp3) is 0.214. The van der Waals surface area contributed by atoms with Gasteiger partial charge in [0.05, 0.1) is 11.3 Å². The van der Waals surface area contributed by atoms with Crippen LogP contribution in [-0.2, 0) is 6.18 Å². The highest BCUT2D eigenvalue weighted by molar-refractivity contribution is 5.63. The number of nitrogens with one attached hydrogen (secondary N) is 1. The second-order valence-electron chi connectivity index (χ2n) is 4.26. The summed E-state index contributed by atoms with van der Waals surface area (Å²) in [6.07, 6.45) is -4.61. The molecule has 0 saturated carbocycles. The van der Waals surface area contributed by atoms with E-state index >= 15 is 0 Å². The van der Waals surface area contributed by atoms with Gasteiger partial charge in [0.2, 0.25) is 0 Å². The number of pyridine rings is 1. The van der Waals surface area contributed by atoms with Crippen LogP contribution < -0.4 is 5.32 Å². The van der Waals surface area contributed by atoms with Crippen molar-refractivity contribution < 1.29 is 22.0 Å². The molecule has 0 fully saturated rings. The summed E-state index contributed by atoms with van der Waals surface area (Å²) in [7, 11) is 0. The number of anilines is 1. The zero-order valence-electron chi connectivity index (χ0n) is 10.9. The van der Waals surface area contributed by atoms with E-state index < -0.39 is 23.4 Å². The first kappa shape index (κ1) is 15.2. The average molecular weight is 302 g/mol. The quantitative estimate of drug-likeness (QED) is 0.846. The maximum atomic E-state index is 13.7. The molecule has 0 saturated heterocycles. The summed E-state index contributed by atoms with van der Waals surface area (Å²) < 4.78 is 65.5. The molecule has 2 aromatic rings. The number of aromatic nitrogens is 1. The molecule has 21 heavy (non-hydrogen) atoms. The van der Waals surface area contributed by atoms with Crippen molar-refractivity contribution in [3.63, 3.8) is 0 Å². The second-order valence-corrected chi connectivity index (χ2v) is 4.26. The van der Waals surface area contributed by atoms with E-state index in [9.17, 15) is 22.0 Å². The highest BCUT2D eigenvalue weighted by Gasteiger charge is 2.32. The Hall–Kier alpha value is -2.18. The van der Waals surface area contributed by atoms with Gasteiger partial charge in [0.1, 0.15) is 5.82 Å². The number of hydrogen-bond donors (Lipinski definition) is 1. The van der Waals surface area contributed by atoms with Gasteiger partial charge < -0.3 is 5.32 Å². The van der Waals surface area contributed by atoms with Crippen LogP contribution in [0.2, 0.25) is 0 Å². The van der Waals surface area contributed by atoms with E-state index in [0.29, 0.717) is 12.6 Å². The standard InChI is InChI=1S/C14H11F5N2/c1-2-20-12-7-8(14(17,18)19)6-11(21-12)9-4-3-5-10(15)13(9)16/h3-7H,2H2,1H3,(H,20,21). The lowest BCUT2D eigenvalue weighted by atomic mass is 10.1. The number of halogens is 5. The Morgan fingerprint density at radius 1 is 1.14 bits per heavy atom. The summed E-state index contributed by atoms with van der Waals surface area (Å²) in [5.74, 6) is -2.42. The number of rotatable bonds is 3. The van der Waals surface area contributed by atoms with Crippen LogP contribution in [0.5, 0.6) is 0 Å². The number of nitrogens with zero attached hydrogens (tertiary/aromatic N) is 1. The van der Waals surface area contributed by atoms with Gasteiger partial charge in [-0.1, -0.05) is 6.07 Å². The third-order valence-corrected chi connectivity index (χ3v) is 2.74. The van der Waals surface area contributed by atoms with Crippen LogP contribution in [0.15, 0.2) is 30.3 Å². The normalized spacial score (nSPS) is 11.5.